The van der Waals surface area contributed by atoms with E-state index in [0.717, 1.165) is 45.4 Å². The number of amides is 1. The summed E-state index contributed by atoms with van der Waals surface area (Å²) in [6.07, 6.45) is 7.89. The van der Waals surface area contributed by atoms with E-state index in [1.54, 1.807) is 11.3 Å². The van der Waals surface area contributed by atoms with Gasteiger partial charge in [-0.05, 0) is 37.1 Å². The summed E-state index contributed by atoms with van der Waals surface area (Å²) in [4.78, 5) is 16.5. The minimum absolute atomic E-state index is 0.265. The van der Waals surface area contributed by atoms with E-state index in [-0.39, 0.29) is 5.92 Å². The van der Waals surface area contributed by atoms with Gasteiger partial charge in [-0.2, -0.15) is 0 Å². The molecular weight excluding hydrogens is 282 g/mol. The van der Waals surface area contributed by atoms with Crippen molar-refractivity contribution in [1.82, 2.24) is 4.90 Å². The second-order valence-electron chi connectivity index (χ2n) is 6.22. The highest BCUT2D eigenvalue weighted by molar-refractivity contribution is 7.09. The first kappa shape index (κ1) is 15.0. The van der Waals surface area contributed by atoms with Crippen LogP contribution in [0.25, 0.3) is 0 Å². The molecule has 1 aromatic heterocycles. The van der Waals surface area contributed by atoms with Gasteiger partial charge in [0.25, 0.3) is 0 Å². The normalized spacial score (nSPS) is 21.3. The van der Waals surface area contributed by atoms with Gasteiger partial charge in [-0.15, -0.1) is 11.3 Å². The van der Waals surface area contributed by atoms with Crippen molar-refractivity contribution in [2.75, 3.05) is 13.2 Å². The number of hydrogen-bond donors (Lipinski definition) is 0. The Hall–Kier alpha value is -0.870. The molecule has 1 saturated heterocycles. The number of nitrogens with zero attached hydrogens (tertiary/aromatic N) is 1. The Morgan fingerprint density at radius 2 is 1.95 bits per heavy atom. The van der Waals surface area contributed by atoms with Gasteiger partial charge in [0.1, 0.15) is 0 Å². The Balaban J connectivity index is 1.71. The first-order chi connectivity index (χ1) is 10.3. The molecule has 3 rings (SSSR count). The Morgan fingerprint density at radius 3 is 2.62 bits per heavy atom. The Labute approximate surface area is 131 Å². The number of carbonyl (C=O) groups excluding carboxylic acids is 1. The smallest absolute Gasteiger partial charge is 0.226 e. The van der Waals surface area contributed by atoms with Crippen LogP contribution in [0.5, 0.6) is 0 Å². The van der Waals surface area contributed by atoms with Crippen molar-refractivity contribution in [2.24, 2.45) is 5.92 Å². The van der Waals surface area contributed by atoms with E-state index in [0.29, 0.717) is 11.9 Å². The van der Waals surface area contributed by atoms with Crippen LogP contribution in [-0.2, 0) is 16.1 Å². The molecule has 3 nitrogen and oxygen atoms in total. The molecule has 1 saturated carbocycles. The molecule has 2 fully saturated rings. The molecule has 21 heavy (non-hydrogen) atoms. The monoisotopic (exact) mass is 307 g/mol. The van der Waals surface area contributed by atoms with Crippen LogP contribution < -0.4 is 0 Å². The van der Waals surface area contributed by atoms with Crippen molar-refractivity contribution in [3.8, 4) is 0 Å². The first-order valence-corrected chi connectivity index (χ1v) is 9.13. The van der Waals surface area contributed by atoms with Crippen LogP contribution in [0, 0.1) is 5.92 Å². The fourth-order valence-electron chi connectivity index (χ4n) is 3.54. The molecule has 0 radical (unpaired) electrons. The molecular formula is C17H25NO2S. The largest absolute Gasteiger partial charge is 0.381 e. The predicted molar refractivity (Wildman–Crippen MR) is 85.3 cm³/mol. The van der Waals surface area contributed by atoms with Crippen LogP contribution in [0.2, 0.25) is 0 Å². The standard InChI is InChI=1S/C17H25NO2S/c19-17(14-5-2-1-3-6-14)18(13-16-7-4-12-21-16)15-8-10-20-11-9-15/h4,7,12,14-15H,1-3,5-6,8-11,13H2. The quantitative estimate of drug-likeness (QED) is 0.846. The molecule has 116 valence electrons. The maximum Gasteiger partial charge on any atom is 0.226 e. The highest BCUT2D eigenvalue weighted by atomic mass is 32.1. The molecule has 0 bridgehead atoms. The third-order valence-electron chi connectivity index (χ3n) is 4.78. The summed E-state index contributed by atoms with van der Waals surface area (Å²) in [5, 5.41) is 2.10. The maximum absolute atomic E-state index is 13.0. The lowest BCUT2D eigenvalue weighted by Gasteiger charge is -2.37. The van der Waals surface area contributed by atoms with Gasteiger partial charge in [0.2, 0.25) is 5.91 Å². The van der Waals surface area contributed by atoms with Gasteiger partial charge >= 0.3 is 0 Å². The van der Waals surface area contributed by atoms with E-state index < -0.39 is 0 Å². The van der Waals surface area contributed by atoms with E-state index in [9.17, 15) is 4.79 Å². The number of rotatable bonds is 4. The lowest BCUT2D eigenvalue weighted by atomic mass is 9.87. The predicted octanol–water partition coefficient (Wildman–Crippen LogP) is 3.84. The molecule has 4 heteroatoms. The van der Waals surface area contributed by atoms with Gasteiger partial charge in [0.05, 0.1) is 6.54 Å². The molecule has 0 unspecified atom stereocenters. The number of carbonyl (C=O) groups is 1. The zero-order valence-corrected chi connectivity index (χ0v) is 13.4. The second kappa shape index (κ2) is 7.41. The van der Waals surface area contributed by atoms with E-state index >= 15 is 0 Å². The third kappa shape index (κ3) is 3.86. The molecule has 0 spiro atoms. The zero-order chi connectivity index (χ0) is 14.5. The van der Waals surface area contributed by atoms with Gasteiger partial charge < -0.3 is 9.64 Å². The summed E-state index contributed by atoms with van der Waals surface area (Å²) in [6, 6.07) is 4.59. The van der Waals surface area contributed by atoms with Crippen LogP contribution >= 0.6 is 11.3 Å². The summed E-state index contributed by atoms with van der Waals surface area (Å²) >= 11 is 1.75. The van der Waals surface area contributed by atoms with E-state index in [2.05, 4.69) is 22.4 Å². The molecule has 1 aromatic rings. The van der Waals surface area contributed by atoms with Gasteiger partial charge in [-0.3, -0.25) is 4.79 Å². The Morgan fingerprint density at radius 1 is 1.19 bits per heavy atom. The summed E-state index contributed by atoms with van der Waals surface area (Å²) < 4.78 is 5.47. The van der Waals surface area contributed by atoms with Gasteiger partial charge in [-0.25, -0.2) is 0 Å². The topological polar surface area (TPSA) is 29.5 Å². The summed E-state index contributed by atoms with van der Waals surface area (Å²) in [5.74, 6) is 0.663. The second-order valence-corrected chi connectivity index (χ2v) is 7.26. The average Bonchev–Trinajstić information content (AvgIpc) is 3.07. The summed E-state index contributed by atoms with van der Waals surface area (Å²) in [5.41, 5.74) is 0. The van der Waals surface area contributed by atoms with Crippen LogP contribution in [0.3, 0.4) is 0 Å². The van der Waals surface area contributed by atoms with Gasteiger partial charge in [0.15, 0.2) is 0 Å². The molecule has 2 aliphatic rings. The fourth-order valence-corrected chi connectivity index (χ4v) is 4.24. The van der Waals surface area contributed by atoms with Crippen molar-refractivity contribution < 1.29 is 9.53 Å². The SMILES string of the molecule is O=C(C1CCCCC1)N(Cc1cccs1)C1CCOCC1. The van der Waals surface area contributed by atoms with E-state index in [1.165, 1.54) is 24.1 Å². The van der Waals surface area contributed by atoms with Crippen LogP contribution in [-0.4, -0.2) is 30.1 Å². The molecule has 0 aromatic carbocycles. The molecule has 2 heterocycles. The molecule has 0 atom stereocenters. The van der Waals surface area contributed by atoms with Crippen LogP contribution in [0.15, 0.2) is 17.5 Å². The first-order valence-electron chi connectivity index (χ1n) is 8.25. The Bertz CT molecular complexity index is 434. The Kier molecular flexibility index (Phi) is 5.31. The van der Waals surface area contributed by atoms with Crippen LogP contribution in [0.1, 0.15) is 49.8 Å². The molecule has 0 N–H and O–H groups in total. The number of thiophene rings is 1. The summed E-state index contributed by atoms with van der Waals surface area (Å²) in [6.45, 7) is 2.38. The van der Waals surface area contributed by atoms with Crippen molar-refractivity contribution in [2.45, 2.75) is 57.5 Å². The van der Waals surface area contributed by atoms with Crippen LogP contribution in [0.4, 0.5) is 0 Å². The molecule has 1 amide bonds. The zero-order valence-electron chi connectivity index (χ0n) is 12.6. The van der Waals surface area contributed by atoms with Crippen molar-refractivity contribution >= 4 is 17.2 Å². The highest BCUT2D eigenvalue weighted by Crippen LogP contribution is 2.29. The average molecular weight is 307 g/mol. The fraction of sp³-hybridized carbons (Fsp3) is 0.706. The lowest BCUT2D eigenvalue weighted by Crippen LogP contribution is -2.45. The third-order valence-corrected chi connectivity index (χ3v) is 5.64. The minimum atomic E-state index is 0.265. The van der Waals surface area contributed by atoms with E-state index in [4.69, 9.17) is 4.74 Å². The highest BCUT2D eigenvalue weighted by Gasteiger charge is 2.31. The minimum Gasteiger partial charge on any atom is -0.381 e. The lowest BCUT2D eigenvalue weighted by molar-refractivity contribution is -0.141. The van der Waals surface area contributed by atoms with Gasteiger partial charge in [-0.1, -0.05) is 25.3 Å². The molecule has 1 aliphatic carbocycles. The molecule has 1 aliphatic heterocycles. The van der Waals surface area contributed by atoms with E-state index in [1.807, 2.05) is 0 Å². The van der Waals surface area contributed by atoms with Crippen molar-refractivity contribution in [1.29, 1.82) is 0 Å². The van der Waals surface area contributed by atoms with Crippen molar-refractivity contribution in [3.63, 3.8) is 0 Å². The van der Waals surface area contributed by atoms with Crippen molar-refractivity contribution in [3.05, 3.63) is 22.4 Å². The van der Waals surface area contributed by atoms with Gasteiger partial charge in [0, 0.05) is 30.1 Å². The maximum atomic E-state index is 13.0. The summed E-state index contributed by atoms with van der Waals surface area (Å²) in [7, 11) is 0. The number of ether oxygens (including phenoxy) is 1. The number of hydrogen-bond acceptors (Lipinski definition) is 3.